The van der Waals surface area contributed by atoms with E-state index in [0.29, 0.717) is 21.4 Å². The number of aliphatic imine (C=N–C) groups is 1. The zero-order chi connectivity index (χ0) is 25.8. The number of aromatic nitrogens is 3. The van der Waals surface area contributed by atoms with E-state index in [1.54, 1.807) is 51.3 Å². The van der Waals surface area contributed by atoms with Crippen molar-refractivity contribution in [2.75, 3.05) is 19.0 Å². The predicted molar refractivity (Wildman–Crippen MR) is 139 cm³/mol. The monoisotopic (exact) mass is 519 g/mol. The van der Waals surface area contributed by atoms with Crippen LogP contribution in [0, 0.1) is 0 Å². The third-order valence-electron chi connectivity index (χ3n) is 5.02. The summed E-state index contributed by atoms with van der Waals surface area (Å²) in [5.74, 6) is 0.699. The Hall–Kier alpha value is -3.50. The van der Waals surface area contributed by atoms with E-state index in [1.807, 2.05) is 12.1 Å². The van der Waals surface area contributed by atoms with E-state index >= 15 is 0 Å². The third kappa shape index (κ3) is 7.00. The molecular weight excluding hydrogens is 493 g/mol. The summed E-state index contributed by atoms with van der Waals surface area (Å²) >= 11 is 12.2. The van der Waals surface area contributed by atoms with Gasteiger partial charge in [-0.25, -0.2) is 19.1 Å². The topological polar surface area (TPSA) is 143 Å². The molecule has 5 N–H and O–H groups in total. The Morgan fingerprint density at radius 3 is 2.20 bits per heavy atom. The van der Waals surface area contributed by atoms with Crippen LogP contribution in [0.25, 0.3) is 0 Å². The first-order valence-electron chi connectivity index (χ1n) is 10.6. The second-order valence-corrected chi connectivity index (χ2v) is 9.37. The van der Waals surface area contributed by atoms with E-state index in [9.17, 15) is 9.59 Å². The maximum absolute atomic E-state index is 13.5. The van der Waals surface area contributed by atoms with E-state index in [0.717, 1.165) is 10.1 Å². The molecule has 3 rings (SSSR count). The number of nitrogens with zero attached hydrogens (tertiary/aromatic N) is 4. The van der Waals surface area contributed by atoms with Crippen molar-refractivity contribution in [1.82, 2.24) is 14.1 Å². The van der Waals surface area contributed by atoms with Gasteiger partial charge >= 0.3 is 11.4 Å². The molecule has 1 heterocycles. The molecule has 0 aliphatic heterocycles. The van der Waals surface area contributed by atoms with Gasteiger partial charge in [-0.1, -0.05) is 35.3 Å². The maximum Gasteiger partial charge on any atom is 0.355 e. The van der Waals surface area contributed by atoms with Crippen LogP contribution in [0.1, 0.15) is 25.0 Å². The minimum atomic E-state index is -0.723. The van der Waals surface area contributed by atoms with Crippen LogP contribution in [-0.4, -0.2) is 39.3 Å². The SMILES string of the molecule is COc1ccc(Cn2c(NCC(C)(C)N=C(N)N)nc(=O)n(Cc3cc(Cl)cc(Cl)c3)c2=O)cc1. The fraction of sp³-hybridized carbons (Fsp3) is 0.304. The Morgan fingerprint density at radius 1 is 1.03 bits per heavy atom. The molecule has 35 heavy (non-hydrogen) atoms. The number of methoxy groups -OCH3 is 1. The van der Waals surface area contributed by atoms with Gasteiger partial charge in [-0.2, -0.15) is 4.98 Å². The zero-order valence-electron chi connectivity index (χ0n) is 19.6. The smallest absolute Gasteiger partial charge is 0.355 e. The minimum Gasteiger partial charge on any atom is -0.497 e. The molecule has 10 nitrogen and oxygen atoms in total. The van der Waals surface area contributed by atoms with Gasteiger partial charge in [0.2, 0.25) is 5.95 Å². The quantitative estimate of drug-likeness (QED) is 0.290. The van der Waals surface area contributed by atoms with Crippen molar-refractivity contribution in [2.24, 2.45) is 16.5 Å². The summed E-state index contributed by atoms with van der Waals surface area (Å²) in [5, 5.41) is 3.84. The lowest BCUT2D eigenvalue weighted by atomic mass is 10.1. The highest BCUT2D eigenvalue weighted by molar-refractivity contribution is 6.34. The van der Waals surface area contributed by atoms with Gasteiger partial charge in [0.05, 0.1) is 25.7 Å². The first-order valence-corrected chi connectivity index (χ1v) is 11.4. The molecule has 0 radical (unpaired) electrons. The van der Waals surface area contributed by atoms with Crippen LogP contribution in [0.5, 0.6) is 5.75 Å². The van der Waals surface area contributed by atoms with Crippen molar-refractivity contribution >= 4 is 35.1 Å². The summed E-state index contributed by atoms with van der Waals surface area (Å²) in [6.07, 6.45) is 0. The standard InChI is InChI=1S/C23H27Cl2N7O3/c1-23(2,30-19(26)27)13-28-20-29-21(33)32(12-15-8-16(24)10-17(25)9-15)22(34)31(20)11-14-4-6-18(35-3)7-5-14/h4-10H,11-13H2,1-3H3,(H4,26,27,30)(H,28,29,33). The lowest BCUT2D eigenvalue weighted by molar-refractivity contribution is 0.414. The Morgan fingerprint density at radius 2 is 1.63 bits per heavy atom. The van der Waals surface area contributed by atoms with Crippen LogP contribution < -0.4 is 32.9 Å². The number of anilines is 1. The van der Waals surface area contributed by atoms with Gasteiger partial charge in [0.15, 0.2) is 5.96 Å². The minimum absolute atomic E-state index is 0.0483. The number of hydrogen-bond acceptors (Lipinski definition) is 6. The molecule has 0 unspecified atom stereocenters. The van der Waals surface area contributed by atoms with E-state index in [1.165, 1.54) is 4.57 Å². The van der Waals surface area contributed by atoms with E-state index in [-0.39, 0.29) is 31.5 Å². The summed E-state index contributed by atoms with van der Waals surface area (Å²) in [4.78, 5) is 34.7. The van der Waals surface area contributed by atoms with E-state index < -0.39 is 16.9 Å². The molecule has 0 atom stereocenters. The molecule has 0 spiro atoms. The van der Waals surface area contributed by atoms with Crippen LogP contribution in [-0.2, 0) is 13.1 Å². The average Bonchev–Trinajstić information content (AvgIpc) is 2.76. The molecule has 12 heteroatoms. The van der Waals surface area contributed by atoms with E-state index in [4.69, 9.17) is 39.4 Å². The van der Waals surface area contributed by atoms with Crippen LogP contribution in [0.3, 0.4) is 0 Å². The second-order valence-electron chi connectivity index (χ2n) is 8.50. The molecule has 0 saturated carbocycles. The Kier molecular flexibility index (Phi) is 8.08. The molecule has 0 aliphatic carbocycles. The number of rotatable bonds is 9. The highest BCUT2D eigenvalue weighted by Gasteiger charge is 2.20. The van der Waals surface area contributed by atoms with Gasteiger partial charge in [-0.15, -0.1) is 0 Å². The first-order chi connectivity index (χ1) is 16.5. The van der Waals surface area contributed by atoms with Crippen molar-refractivity contribution in [3.63, 3.8) is 0 Å². The zero-order valence-corrected chi connectivity index (χ0v) is 21.1. The fourth-order valence-electron chi connectivity index (χ4n) is 3.42. The molecule has 0 saturated heterocycles. The van der Waals surface area contributed by atoms with Crippen molar-refractivity contribution in [3.05, 3.63) is 84.6 Å². The number of benzene rings is 2. The van der Waals surface area contributed by atoms with Crippen molar-refractivity contribution < 1.29 is 4.74 Å². The summed E-state index contributed by atoms with van der Waals surface area (Å²) in [6.45, 7) is 3.92. The highest BCUT2D eigenvalue weighted by atomic mass is 35.5. The number of hydrogen-bond donors (Lipinski definition) is 3. The predicted octanol–water partition coefficient (Wildman–Crippen LogP) is 2.28. The van der Waals surface area contributed by atoms with E-state index in [2.05, 4.69) is 15.3 Å². The van der Waals surface area contributed by atoms with Crippen molar-refractivity contribution in [3.8, 4) is 5.75 Å². The second kappa shape index (κ2) is 10.8. The van der Waals surface area contributed by atoms with Gasteiger partial charge in [-0.3, -0.25) is 4.57 Å². The molecule has 3 aromatic rings. The third-order valence-corrected chi connectivity index (χ3v) is 5.46. The van der Waals surface area contributed by atoms with Crippen LogP contribution >= 0.6 is 23.2 Å². The normalized spacial score (nSPS) is 11.2. The van der Waals surface area contributed by atoms with Crippen molar-refractivity contribution in [2.45, 2.75) is 32.5 Å². The number of nitrogens with two attached hydrogens (primary N) is 2. The summed E-state index contributed by atoms with van der Waals surface area (Å²) in [7, 11) is 1.57. The number of ether oxygens (including phenoxy) is 1. The van der Waals surface area contributed by atoms with Crippen molar-refractivity contribution in [1.29, 1.82) is 0 Å². The molecule has 0 fully saturated rings. The molecule has 0 amide bonds. The highest BCUT2D eigenvalue weighted by Crippen LogP contribution is 2.19. The van der Waals surface area contributed by atoms with Gasteiger partial charge < -0.3 is 21.5 Å². The fourth-order valence-corrected chi connectivity index (χ4v) is 4.00. The first kappa shape index (κ1) is 26.1. The van der Waals surface area contributed by atoms with Gasteiger partial charge in [-0.05, 0) is 55.3 Å². The summed E-state index contributed by atoms with van der Waals surface area (Å²) < 4.78 is 7.60. The summed E-state index contributed by atoms with van der Waals surface area (Å²) in [6, 6.07) is 12.1. The molecular formula is C23H27Cl2N7O3. The lowest BCUT2D eigenvalue weighted by Gasteiger charge is -2.22. The largest absolute Gasteiger partial charge is 0.497 e. The van der Waals surface area contributed by atoms with Crippen LogP contribution in [0.2, 0.25) is 10.0 Å². The molecule has 186 valence electrons. The molecule has 0 bridgehead atoms. The molecule has 2 aromatic carbocycles. The molecule has 0 aliphatic rings. The Bertz CT molecular complexity index is 1320. The van der Waals surface area contributed by atoms with Gasteiger partial charge in [0.1, 0.15) is 5.75 Å². The molecule has 1 aromatic heterocycles. The van der Waals surface area contributed by atoms with Crippen LogP contribution in [0.15, 0.2) is 57.0 Å². The average molecular weight is 520 g/mol. The Balaban J connectivity index is 2.05. The van der Waals surface area contributed by atoms with Gasteiger partial charge in [0.25, 0.3) is 0 Å². The Labute approximate surface area is 212 Å². The van der Waals surface area contributed by atoms with Gasteiger partial charge in [0, 0.05) is 16.6 Å². The number of guanidine groups is 1. The van der Waals surface area contributed by atoms with Crippen LogP contribution in [0.4, 0.5) is 5.95 Å². The summed E-state index contributed by atoms with van der Waals surface area (Å²) in [5.41, 5.74) is 10.4. The lowest BCUT2D eigenvalue weighted by Crippen LogP contribution is -2.44. The number of halogens is 2. The maximum atomic E-state index is 13.5. The number of nitrogens with one attached hydrogen (secondary N) is 1.